The molecule has 1 aromatic heterocycles. The molecule has 0 spiro atoms. The Morgan fingerprint density at radius 3 is 2.48 bits per heavy atom. The van der Waals surface area contributed by atoms with Crippen molar-refractivity contribution in [3.8, 4) is 5.69 Å². The summed E-state index contributed by atoms with van der Waals surface area (Å²) >= 11 is 0. The lowest BCUT2D eigenvalue weighted by Crippen LogP contribution is -2.29. The molecule has 0 bridgehead atoms. The molecule has 2 N–H and O–H groups in total. The van der Waals surface area contributed by atoms with Crippen molar-refractivity contribution in [1.82, 2.24) is 9.78 Å². The summed E-state index contributed by atoms with van der Waals surface area (Å²) in [5.41, 5.74) is -2.15. The Morgan fingerprint density at radius 2 is 1.96 bits per heavy atom. The molecule has 25 heavy (non-hydrogen) atoms. The first-order valence-electron chi connectivity index (χ1n) is 7.25. The van der Waals surface area contributed by atoms with Crippen LogP contribution in [0.1, 0.15) is 25.8 Å². The minimum absolute atomic E-state index is 0.107. The molecule has 0 aliphatic rings. The van der Waals surface area contributed by atoms with E-state index in [9.17, 15) is 22.8 Å². The number of anilines is 1. The standard InChI is InChI=1S/C16H16F3N3O3/c1-15(2,14(24)25)9-13(23)21-11-8-10(16(17,18)19)4-5-12(11)22-7-3-6-20-22/h3-8H,9H2,1-2H3,(H,21,23)(H,24,25). The zero-order valence-electron chi connectivity index (χ0n) is 13.5. The lowest BCUT2D eigenvalue weighted by Gasteiger charge is -2.19. The van der Waals surface area contributed by atoms with Crippen LogP contribution in [0.3, 0.4) is 0 Å². The van der Waals surface area contributed by atoms with Crippen LogP contribution in [0, 0.1) is 5.41 Å². The van der Waals surface area contributed by atoms with Gasteiger partial charge in [-0.15, -0.1) is 0 Å². The zero-order valence-corrected chi connectivity index (χ0v) is 13.5. The van der Waals surface area contributed by atoms with Gasteiger partial charge in [0.25, 0.3) is 0 Å². The van der Waals surface area contributed by atoms with Crippen molar-refractivity contribution < 1.29 is 27.9 Å². The van der Waals surface area contributed by atoms with Crippen LogP contribution in [0.25, 0.3) is 5.69 Å². The number of aliphatic carboxylic acids is 1. The molecule has 9 heteroatoms. The smallest absolute Gasteiger partial charge is 0.416 e. The van der Waals surface area contributed by atoms with Gasteiger partial charge in [-0.1, -0.05) is 0 Å². The number of alkyl halides is 3. The molecule has 2 rings (SSSR count). The van der Waals surface area contributed by atoms with E-state index in [1.807, 2.05) is 0 Å². The molecule has 1 amide bonds. The Labute approximate surface area is 141 Å². The first kappa shape index (κ1) is 18.5. The highest BCUT2D eigenvalue weighted by molar-refractivity contribution is 5.95. The lowest BCUT2D eigenvalue weighted by molar-refractivity contribution is -0.149. The van der Waals surface area contributed by atoms with Gasteiger partial charge >= 0.3 is 12.1 Å². The third-order valence-electron chi connectivity index (χ3n) is 3.53. The fourth-order valence-corrected chi connectivity index (χ4v) is 2.09. The molecule has 1 heterocycles. The second-order valence-electron chi connectivity index (χ2n) is 6.09. The van der Waals surface area contributed by atoms with Crippen molar-refractivity contribution in [3.63, 3.8) is 0 Å². The molecule has 1 aromatic carbocycles. The Morgan fingerprint density at radius 1 is 1.28 bits per heavy atom. The van der Waals surface area contributed by atoms with Gasteiger partial charge in [0.15, 0.2) is 0 Å². The molecule has 0 radical (unpaired) electrons. The molecule has 134 valence electrons. The second kappa shape index (κ2) is 6.58. The van der Waals surface area contributed by atoms with Crippen molar-refractivity contribution in [1.29, 1.82) is 0 Å². The highest BCUT2D eigenvalue weighted by Gasteiger charge is 2.33. The van der Waals surface area contributed by atoms with E-state index in [2.05, 4.69) is 10.4 Å². The molecule has 0 saturated carbocycles. The van der Waals surface area contributed by atoms with E-state index in [1.165, 1.54) is 37.0 Å². The van der Waals surface area contributed by atoms with Crippen molar-refractivity contribution in [2.75, 3.05) is 5.32 Å². The summed E-state index contributed by atoms with van der Waals surface area (Å²) in [6, 6.07) is 4.45. The summed E-state index contributed by atoms with van der Waals surface area (Å²) in [5.74, 6) is -1.89. The summed E-state index contributed by atoms with van der Waals surface area (Å²) in [4.78, 5) is 23.2. The van der Waals surface area contributed by atoms with Crippen molar-refractivity contribution in [3.05, 3.63) is 42.2 Å². The number of hydrogen-bond acceptors (Lipinski definition) is 3. The minimum atomic E-state index is -4.58. The summed E-state index contributed by atoms with van der Waals surface area (Å²) in [6.07, 6.45) is -2.02. The van der Waals surface area contributed by atoms with Crippen LogP contribution in [0.15, 0.2) is 36.7 Å². The van der Waals surface area contributed by atoms with Crippen LogP contribution in [-0.4, -0.2) is 26.8 Å². The van der Waals surface area contributed by atoms with Crippen LogP contribution in [-0.2, 0) is 15.8 Å². The van der Waals surface area contributed by atoms with Gasteiger partial charge < -0.3 is 10.4 Å². The molecule has 0 aliphatic carbocycles. The normalized spacial score (nSPS) is 12.0. The number of nitrogens with zero attached hydrogens (tertiary/aromatic N) is 2. The van der Waals surface area contributed by atoms with Gasteiger partial charge in [0.05, 0.1) is 22.4 Å². The van der Waals surface area contributed by atoms with E-state index in [0.717, 1.165) is 12.1 Å². The van der Waals surface area contributed by atoms with Crippen molar-refractivity contribution >= 4 is 17.6 Å². The maximum absolute atomic E-state index is 12.9. The number of benzene rings is 1. The Balaban J connectivity index is 2.37. The number of carbonyl (C=O) groups excluding carboxylic acids is 1. The SMILES string of the molecule is CC(C)(CC(=O)Nc1cc(C(F)(F)F)ccc1-n1cccn1)C(=O)O. The molecule has 0 atom stereocenters. The minimum Gasteiger partial charge on any atom is -0.481 e. The number of aromatic nitrogens is 2. The number of rotatable bonds is 5. The van der Waals surface area contributed by atoms with E-state index in [0.29, 0.717) is 0 Å². The summed E-state index contributed by atoms with van der Waals surface area (Å²) in [6.45, 7) is 2.71. The molecular weight excluding hydrogens is 339 g/mol. The van der Waals surface area contributed by atoms with E-state index in [1.54, 1.807) is 6.07 Å². The summed E-state index contributed by atoms with van der Waals surface area (Å²) in [7, 11) is 0. The molecule has 0 aliphatic heterocycles. The second-order valence-corrected chi connectivity index (χ2v) is 6.09. The zero-order chi connectivity index (χ0) is 18.8. The van der Waals surface area contributed by atoms with Crippen LogP contribution in [0.5, 0.6) is 0 Å². The number of nitrogens with one attached hydrogen (secondary N) is 1. The van der Waals surface area contributed by atoms with E-state index < -0.39 is 35.5 Å². The third kappa shape index (κ3) is 4.37. The van der Waals surface area contributed by atoms with Crippen LogP contribution < -0.4 is 5.32 Å². The maximum atomic E-state index is 12.9. The monoisotopic (exact) mass is 355 g/mol. The Hall–Kier alpha value is -2.84. The molecule has 0 unspecified atom stereocenters. The number of halogens is 3. The van der Waals surface area contributed by atoms with E-state index >= 15 is 0 Å². The lowest BCUT2D eigenvalue weighted by atomic mass is 9.89. The predicted molar refractivity (Wildman–Crippen MR) is 83.2 cm³/mol. The molecule has 6 nitrogen and oxygen atoms in total. The van der Waals surface area contributed by atoms with E-state index in [-0.39, 0.29) is 11.4 Å². The highest BCUT2D eigenvalue weighted by atomic mass is 19.4. The molecule has 0 saturated heterocycles. The topological polar surface area (TPSA) is 84.2 Å². The van der Waals surface area contributed by atoms with Crippen LogP contribution in [0.4, 0.5) is 18.9 Å². The number of carbonyl (C=O) groups is 2. The molecule has 2 aromatic rings. The Bertz CT molecular complexity index is 784. The van der Waals surface area contributed by atoms with Gasteiger partial charge in [0.2, 0.25) is 5.91 Å². The number of hydrogen-bond donors (Lipinski definition) is 2. The average Bonchev–Trinajstić information content (AvgIpc) is 2.99. The fraction of sp³-hybridized carbons (Fsp3) is 0.312. The average molecular weight is 355 g/mol. The van der Waals surface area contributed by atoms with Gasteiger partial charge in [-0.2, -0.15) is 18.3 Å². The fourth-order valence-electron chi connectivity index (χ4n) is 2.09. The van der Waals surface area contributed by atoms with Crippen molar-refractivity contribution in [2.45, 2.75) is 26.4 Å². The summed E-state index contributed by atoms with van der Waals surface area (Å²) < 4.78 is 40.1. The maximum Gasteiger partial charge on any atom is 0.416 e. The first-order chi connectivity index (χ1) is 11.5. The van der Waals surface area contributed by atoms with Crippen LogP contribution in [0.2, 0.25) is 0 Å². The number of amides is 1. The summed E-state index contributed by atoms with van der Waals surface area (Å²) in [5, 5.41) is 15.4. The highest BCUT2D eigenvalue weighted by Crippen LogP contribution is 2.33. The van der Waals surface area contributed by atoms with Gasteiger partial charge in [0.1, 0.15) is 0 Å². The predicted octanol–water partition coefficient (Wildman–Crippen LogP) is 3.33. The molecule has 0 fully saturated rings. The first-order valence-corrected chi connectivity index (χ1v) is 7.25. The third-order valence-corrected chi connectivity index (χ3v) is 3.53. The van der Waals surface area contributed by atoms with Gasteiger partial charge in [-0.3, -0.25) is 9.59 Å². The quantitative estimate of drug-likeness (QED) is 0.862. The Kier molecular flexibility index (Phi) is 4.87. The van der Waals surface area contributed by atoms with Gasteiger partial charge in [-0.05, 0) is 38.1 Å². The number of carboxylic acids is 1. The molecular formula is C16H16F3N3O3. The largest absolute Gasteiger partial charge is 0.481 e. The van der Waals surface area contributed by atoms with E-state index in [4.69, 9.17) is 5.11 Å². The van der Waals surface area contributed by atoms with Gasteiger partial charge in [-0.25, -0.2) is 4.68 Å². The van der Waals surface area contributed by atoms with Gasteiger partial charge in [0, 0.05) is 18.8 Å². The van der Waals surface area contributed by atoms with Crippen LogP contribution >= 0.6 is 0 Å². The number of carboxylic acid groups (broad SMARTS) is 1. The van der Waals surface area contributed by atoms with Crippen molar-refractivity contribution in [2.24, 2.45) is 5.41 Å².